The molecule has 0 aromatic carbocycles. The molecule has 1 aliphatic heterocycles. The van der Waals surface area contributed by atoms with Gasteiger partial charge in [0.05, 0.1) is 0 Å². The normalized spacial score (nSPS) is 23.6. The second-order valence-corrected chi connectivity index (χ2v) is 2.81. The molecule has 0 bridgehead atoms. The summed E-state index contributed by atoms with van der Waals surface area (Å²) >= 11 is 0. The van der Waals surface area contributed by atoms with Crippen molar-refractivity contribution in [2.24, 2.45) is 0 Å². The SMILES string of the molecule is CN(C(=O)CO)[C@H]1CCNC1. The molecule has 1 atom stereocenters. The molecule has 1 aliphatic rings. The molecule has 1 heterocycles. The minimum Gasteiger partial charge on any atom is -0.387 e. The second kappa shape index (κ2) is 3.69. The summed E-state index contributed by atoms with van der Waals surface area (Å²) in [4.78, 5) is 12.6. The van der Waals surface area contributed by atoms with Crippen molar-refractivity contribution in [1.29, 1.82) is 0 Å². The van der Waals surface area contributed by atoms with E-state index in [4.69, 9.17) is 5.11 Å². The first-order valence-corrected chi connectivity index (χ1v) is 3.83. The Labute approximate surface area is 66.2 Å². The van der Waals surface area contributed by atoms with E-state index in [1.54, 1.807) is 11.9 Å². The lowest BCUT2D eigenvalue weighted by Gasteiger charge is -2.22. The predicted molar refractivity (Wildman–Crippen MR) is 41.1 cm³/mol. The number of carbonyl (C=O) groups excluding carboxylic acids is 1. The van der Waals surface area contributed by atoms with Crippen LogP contribution in [-0.4, -0.2) is 48.7 Å². The topological polar surface area (TPSA) is 52.6 Å². The van der Waals surface area contributed by atoms with Crippen molar-refractivity contribution in [1.82, 2.24) is 10.2 Å². The monoisotopic (exact) mass is 158 g/mol. The van der Waals surface area contributed by atoms with Crippen molar-refractivity contribution in [3.8, 4) is 0 Å². The highest BCUT2D eigenvalue weighted by atomic mass is 16.3. The average Bonchev–Trinajstić information content (AvgIpc) is 2.53. The molecule has 2 N–H and O–H groups in total. The highest BCUT2D eigenvalue weighted by molar-refractivity contribution is 5.77. The van der Waals surface area contributed by atoms with E-state index in [-0.39, 0.29) is 18.6 Å². The van der Waals surface area contributed by atoms with Gasteiger partial charge >= 0.3 is 0 Å². The average molecular weight is 158 g/mol. The van der Waals surface area contributed by atoms with Crippen LogP contribution in [-0.2, 0) is 4.79 Å². The van der Waals surface area contributed by atoms with E-state index < -0.39 is 0 Å². The fourth-order valence-corrected chi connectivity index (χ4v) is 1.29. The van der Waals surface area contributed by atoms with Gasteiger partial charge in [-0.2, -0.15) is 0 Å². The van der Waals surface area contributed by atoms with Gasteiger partial charge in [0.1, 0.15) is 6.61 Å². The zero-order chi connectivity index (χ0) is 8.27. The number of carbonyl (C=O) groups is 1. The molecule has 1 saturated heterocycles. The fraction of sp³-hybridized carbons (Fsp3) is 0.857. The lowest BCUT2D eigenvalue weighted by Crippen LogP contribution is -2.39. The molecule has 0 aromatic rings. The third kappa shape index (κ3) is 1.91. The van der Waals surface area contributed by atoms with Gasteiger partial charge in [0.15, 0.2) is 0 Å². The Bertz CT molecular complexity index is 143. The molecule has 4 nitrogen and oxygen atoms in total. The van der Waals surface area contributed by atoms with Crippen LogP contribution in [0.3, 0.4) is 0 Å². The molecule has 11 heavy (non-hydrogen) atoms. The number of likely N-dealkylation sites (N-methyl/N-ethyl adjacent to an activating group) is 1. The fourth-order valence-electron chi connectivity index (χ4n) is 1.29. The zero-order valence-corrected chi connectivity index (χ0v) is 6.71. The largest absolute Gasteiger partial charge is 0.387 e. The van der Waals surface area contributed by atoms with Gasteiger partial charge in [-0.1, -0.05) is 0 Å². The summed E-state index contributed by atoms with van der Waals surface area (Å²) in [6.07, 6.45) is 0.988. The second-order valence-electron chi connectivity index (χ2n) is 2.81. The van der Waals surface area contributed by atoms with Crippen molar-refractivity contribution in [2.75, 3.05) is 26.7 Å². The lowest BCUT2D eigenvalue weighted by molar-refractivity contribution is -0.134. The first-order chi connectivity index (χ1) is 5.25. The van der Waals surface area contributed by atoms with Crippen LogP contribution >= 0.6 is 0 Å². The Balaban J connectivity index is 2.39. The maximum Gasteiger partial charge on any atom is 0.248 e. The van der Waals surface area contributed by atoms with Gasteiger partial charge in [-0.25, -0.2) is 0 Å². The summed E-state index contributed by atoms with van der Waals surface area (Å²) < 4.78 is 0. The van der Waals surface area contributed by atoms with Gasteiger partial charge < -0.3 is 15.3 Å². The van der Waals surface area contributed by atoms with E-state index in [1.807, 2.05) is 0 Å². The predicted octanol–water partition coefficient (Wildman–Crippen LogP) is -1.20. The first-order valence-electron chi connectivity index (χ1n) is 3.83. The summed E-state index contributed by atoms with van der Waals surface area (Å²) in [6, 6.07) is 0.273. The minimum atomic E-state index is -0.382. The van der Waals surface area contributed by atoms with Gasteiger partial charge in [-0.05, 0) is 13.0 Å². The number of aliphatic hydroxyl groups is 1. The van der Waals surface area contributed by atoms with Crippen molar-refractivity contribution < 1.29 is 9.90 Å². The molecule has 4 heteroatoms. The lowest BCUT2D eigenvalue weighted by atomic mass is 10.2. The number of hydrogen-bond acceptors (Lipinski definition) is 3. The van der Waals surface area contributed by atoms with Crippen molar-refractivity contribution in [3.05, 3.63) is 0 Å². The van der Waals surface area contributed by atoms with Crippen LogP contribution in [0.4, 0.5) is 0 Å². The molecular formula is C7H14N2O2. The Morgan fingerprint density at radius 3 is 3.00 bits per heavy atom. The number of rotatable bonds is 2. The zero-order valence-electron chi connectivity index (χ0n) is 6.71. The molecule has 0 aromatic heterocycles. The van der Waals surface area contributed by atoms with Gasteiger partial charge in [0.2, 0.25) is 5.91 Å². The van der Waals surface area contributed by atoms with E-state index in [2.05, 4.69) is 5.32 Å². The quantitative estimate of drug-likeness (QED) is 0.530. The van der Waals surface area contributed by atoms with E-state index >= 15 is 0 Å². The van der Waals surface area contributed by atoms with Crippen LogP contribution in [0.15, 0.2) is 0 Å². The highest BCUT2D eigenvalue weighted by Gasteiger charge is 2.21. The van der Waals surface area contributed by atoms with E-state index in [1.165, 1.54) is 0 Å². The maximum atomic E-state index is 10.9. The number of amides is 1. The van der Waals surface area contributed by atoms with Gasteiger partial charge in [-0.15, -0.1) is 0 Å². The Hall–Kier alpha value is -0.610. The van der Waals surface area contributed by atoms with Crippen LogP contribution in [0.1, 0.15) is 6.42 Å². The maximum absolute atomic E-state index is 10.9. The molecular weight excluding hydrogens is 144 g/mol. The summed E-state index contributed by atoms with van der Waals surface area (Å²) in [6.45, 7) is 1.43. The van der Waals surface area contributed by atoms with Gasteiger partial charge in [-0.3, -0.25) is 4.79 Å². The summed E-state index contributed by atoms with van der Waals surface area (Å²) in [5, 5.41) is 11.7. The number of nitrogens with one attached hydrogen (secondary N) is 1. The van der Waals surface area contributed by atoms with Crippen LogP contribution in [0.25, 0.3) is 0 Å². The molecule has 0 saturated carbocycles. The van der Waals surface area contributed by atoms with Crippen molar-refractivity contribution in [3.63, 3.8) is 0 Å². The summed E-state index contributed by atoms with van der Waals surface area (Å²) in [7, 11) is 1.73. The van der Waals surface area contributed by atoms with Crippen LogP contribution in [0, 0.1) is 0 Å². The first kappa shape index (κ1) is 8.49. The molecule has 1 amide bonds. The molecule has 0 spiro atoms. The van der Waals surface area contributed by atoms with E-state index in [0.717, 1.165) is 19.5 Å². The minimum absolute atomic E-state index is 0.196. The molecule has 0 unspecified atom stereocenters. The van der Waals surface area contributed by atoms with Gasteiger partial charge in [0, 0.05) is 19.6 Å². The van der Waals surface area contributed by atoms with Gasteiger partial charge in [0.25, 0.3) is 0 Å². The highest BCUT2D eigenvalue weighted by Crippen LogP contribution is 2.05. The molecule has 1 fully saturated rings. The van der Waals surface area contributed by atoms with Crippen LogP contribution < -0.4 is 5.32 Å². The third-order valence-electron chi connectivity index (χ3n) is 2.11. The molecule has 0 radical (unpaired) electrons. The van der Waals surface area contributed by atoms with Crippen molar-refractivity contribution in [2.45, 2.75) is 12.5 Å². The summed E-state index contributed by atoms with van der Waals surface area (Å²) in [5.74, 6) is -0.196. The van der Waals surface area contributed by atoms with E-state index in [0.29, 0.717) is 0 Å². The molecule has 1 rings (SSSR count). The van der Waals surface area contributed by atoms with Crippen LogP contribution in [0.2, 0.25) is 0 Å². The number of hydrogen-bond donors (Lipinski definition) is 2. The smallest absolute Gasteiger partial charge is 0.248 e. The number of nitrogens with zero attached hydrogens (tertiary/aromatic N) is 1. The number of aliphatic hydroxyl groups excluding tert-OH is 1. The molecule has 64 valence electrons. The van der Waals surface area contributed by atoms with Crippen LogP contribution in [0.5, 0.6) is 0 Å². The standard InChI is InChI=1S/C7H14N2O2/c1-9(7(11)5-10)6-2-3-8-4-6/h6,8,10H,2-5H2,1H3/t6-/m0/s1. The summed E-state index contributed by atoms with van der Waals surface area (Å²) in [5.41, 5.74) is 0. The Morgan fingerprint density at radius 1 is 1.82 bits per heavy atom. The third-order valence-corrected chi connectivity index (χ3v) is 2.11. The van der Waals surface area contributed by atoms with E-state index in [9.17, 15) is 4.79 Å². The van der Waals surface area contributed by atoms with Crippen molar-refractivity contribution >= 4 is 5.91 Å². The Morgan fingerprint density at radius 2 is 2.55 bits per heavy atom. The Kier molecular flexibility index (Phi) is 2.84. The molecule has 0 aliphatic carbocycles.